The van der Waals surface area contributed by atoms with E-state index in [2.05, 4.69) is 25.6 Å². The molecule has 1 atom stereocenters. The van der Waals surface area contributed by atoms with Crippen LogP contribution < -0.4 is 10.6 Å². The summed E-state index contributed by atoms with van der Waals surface area (Å²) in [5, 5.41) is 6.12. The number of hydrogen-bond acceptors (Lipinski definition) is 7. The van der Waals surface area contributed by atoms with E-state index in [-0.39, 0.29) is 11.8 Å². The van der Waals surface area contributed by atoms with Crippen LogP contribution in [0.2, 0.25) is 0 Å². The molecule has 0 spiro atoms. The van der Waals surface area contributed by atoms with Gasteiger partial charge in [0.15, 0.2) is 0 Å². The molecule has 1 amide bonds. The molecule has 0 aliphatic carbocycles. The zero-order valence-corrected chi connectivity index (χ0v) is 16.4. The Labute approximate surface area is 159 Å². The molecule has 8 nitrogen and oxygen atoms in total. The number of nitrogens with one attached hydrogen (secondary N) is 2. The van der Waals surface area contributed by atoms with Crippen molar-refractivity contribution in [2.75, 3.05) is 32.0 Å². The third kappa shape index (κ3) is 4.97. The van der Waals surface area contributed by atoms with Crippen molar-refractivity contribution in [3.8, 4) is 0 Å². The summed E-state index contributed by atoms with van der Waals surface area (Å²) in [6, 6.07) is 3.82. The van der Waals surface area contributed by atoms with E-state index >= 15 is 0 Å². The molecule has 2 N–H and O–H groups in total. The zero-order valence-electron chi connectivity index (χ0n) is 16.4. The van der Waals surface area contributed by atoms with Gasteiger partial charge in [-0.2, -0.15) is 0 Å². The number of likely N-dealkylation sites (N-methyl/N-ethyl adjacent to an activating group) is 1. The molecule has 1 aliphatic rings. The van der Waals surface area contributed by atoms with E-state index < -0.39 is 0 Å². The topological polar surface area (TPSA) is 95.9 Å². The lowest BCUT2D eigenvalue weighted by Crippen LogP contribution is -2.43. The highest BCUT2D eigenvalue weighted by Gasteiger charge is 2.26. The number of rotatable bonds is 5. The largest absolute Gasteiger partial charge is 0.341 e. The van der Waals surface area contributed by atoms with Crippen LogP contribution in [0.3, 0.4) is 0 Å². The monoisotopic (exact) mass is 369 g/mol. The summed E-state index contributed by atoms with van der Waals surface area (Å²) in [6.45, 7) is 7.64. The fourth-order valence-electron chi connectivity index (χ4n) is 3.41. The number of nitrogens with zero attached hydrogens (tertiary/aromatic N) is 5. The third-order valence-electron chi connectivity index (χ3n) is 4.56. The van der Waals surface area contributed by atoms with Crippen molar-refractivity contribution >= 4 is 17.7 Å². The van der Waals surface area contributed by atoms with Crippen LogP contribution in [0.25, 0.3) is 0 Å². The summed E-state index contributed by atoms with van der Waals surface area (Å²) >= 11 is 0. The molecule has 2 aromatic heterocycles. The van der Waals surface area contributed by atoms with Crippen molar-refractivity contribution in [3.63, 3.8) is 0 Å². The number of aryl methyl sites for hydroxylation is 3. The lowest BCUT2D eigenvalue weighted by atomic mass is 9.97. The van der Waals surface area contributed by atoms with Gasteiger partial charge in [-0.05, 0) is 46.7 Å². The van der Waals surface area contributed by atoms with Crippen LogP contribution in [-0.4, -0.2) is 57.4 Å². The Balaban J connectivity index is 1.79. The second kappa shape index (κ2) is 8.39. The number of amides is 1. The first-order valence-electron chi connectivity index (χ1n) is 9.32. The Kier molecular flexibility index (Phi) is 5.95. The molecule has 1 fully saturated rings. The number of hydrogen-bond donors (Lipinski definition) is 2. The highest BCUT2D eigenvalue weighted by molar-refractivity contribution is 5.78. The summed E-state index contributed by atoms with van der Waals surface area (Å²) in [5.41, 5.74) is 2.69. The number of piperidine rings is 1. The average Bonchev–Trinajstić information content (AvgIpc) is 2.60. The minimum Gasteiger partial charge on any atom is -0.341 e. The van der Waals surface area contributed by atoms with Crippen molar-refractivity contribution in [3.05, 3.63) is 35.0 Å². The van der Waals surface area contributed by atoms with Crippen molar-refractivity contribution in [1.29, 1.82) is 0 Å². The van der Waals surface area contributed by atoms with Crippen molar-refractivity contribution < 1.29 is 4.79 Å². The minimum atomic E-state index is 0.122. The second-order valence-corrected chi connectivity index (χ2v) is 7.06. The van der Waals surface area contributed by atoms with Gasteiger partial charge in [-0.15, -0.1) is 0 Å². The molecule has 144 valence electrons. The Morgan fingerprint density at radius 3 is 2.52 bits per heavy atom. The summed E-state index contributed by atoms with van der Waals surface area (Å²) in [6.07, 6.45) is 1.94. The van der Waals surface area contributed by atoms with Crippen LogP contribution in [0.15, 0.2) is 12.1 Å². The second-order valence-electron chi connectivity index (χ2n) is 7.06. The van der Waals surface area contributed by atoms with Gasteiger partial charge in [-0.3, -0.25) is 4.79 Å². The summed E-state index contributed by atoms with van der Waals surface area (Å²) in [5.74, 6) is 2.24. The summed E-state index contributed by atoms with van der Waals surface area (Å²) in [4.78, 5) is 32.3. The van der Waals surface area contributed by atoms with Gasteiger partial charge in [0.2, 0.25) is 11.9 Å². The molecule has 1 aliphatic heterocycles. The Morgan fingerprint density at radius 2 is 1.81 bits per heavy atom. The lowest BCUT2D eigenvalue weighted by Gasteiger charge is -2.32. The molecule has 0 aromatic carbocycles. The predicted molar refractivity (Wildman–Crippen MR) is 104 cm³/mol. The van der Waals surface area contributed by atoms with Crippen molar-refractivity contribution in [1.82, 2.24) is 30.2 Å². The number of likely N-dealkylation sites (tertiary alicyclic amines) is 1. The quantitative estimate of drug-likeness (QED) is 0.830. The molecule has 0 bridgehead atoms. The Bertz CT molecular complexity index is 803. The molecule has 3 heterocycles. The van der Waals surface area contributed by atoms with Crippen LogP contribution in [0.5, 0.6) is 0 Å². The van der Waals surface area contributed by atoms with E-state index in [1.807, 2.05) is 37.8 Å². The number of anilines is 2. The van der Waals surface area contributed by atoms with Crippen LogP contribution in [0.1, 0.15) is 41.7 Å². The van der Waals surface area contributed by atoms with Gasteiger partial charge in [0.1, 0.15) is 11.6 Å². The molecule has 0 saturated carbocycles. The van der Waals surface area contributed by atoms with Gasteiger partial charge in [-0.1, -0.05) is 0 Å². The molecule has 0 radical (unpaired) electrons. The maximum absolute atomic E-state index is 12.2. The first-order chi connectivity index (χ1) is 12.9. The summed E-state index contributed by atoms with van der Waals surface area (Å²) < 4.78 is 0. The van der Waals surface area contributed by atoms with E-state index in [1.54, 1.807) is 7.05 Å². The van der Waals surface area contributed by atoms with Crippen molar-refractivity contribution in [2.45, 2.75) is 39.5 Å². The fraction of sp³-hybridized carbons (Fsp3) is 0.526. The van der Waals surface area contributed by atoms with Crippen LogP contribution in [0, 0.1) is 20.8 Å². The molecule has 1 saturated heterocycles. The van der Waals surface area contributed by atoms with E-state index in [4.69, 9.17) is 4.98 Å². The van der Waals surface area contributed by atoms with Crippen molar-refractivity contribution in [2.24, 2.45) is 0 Å². The predicted octanol–water partition coefficient (Wildman–Crippen LogP) is 1.86. The van der Waals surface area contributed by atoms with E-state index in [0.29, 0.717) is 24.9 Å². The van der Waals surface area contributed by atoms with E-state index in [1.165, 1.54) is 0 Å². The maximum Gasteiger partial charge on any atom is 0.236 e. The average molecular weight is 369 g/mol. The first-order valence-corrected chi connectivity index (χ1v) is 9.32. The highest BCUT2D eigenvalue weighted by Crippen LogP contribution is 2.26. The Morgan fingerprint density at radius 1 is 1.11 bits per heavy atom. The summed E-state index contributed by atoms with van der Waals surface area (Å²) in [7, 11) is 1.79. The van der Waals surface area contributed by atoms with E-state index in [9.17, 15) is 4.79 Å². The molecule has 0 unspecified atom stereocenters. The van der Waals surface area contributed by atoms with Gasteiger partial charge < -0.3 is 15.5 Å². The van der Waals surface area contributed by atoms with Gasteiger partial charge in [0, 0.05) is 42.2 Å². The SMILES string of the molecule is CNCC(=O)N1CCC[C@H](c2nc(C)cc(Nc3nc(C)cc(C)n3)n2)C1. The number of aromatic nitrogens is 4. The maximum atomic E-state index is 12.2. The molecule has 3 rings (SSSR count). The smallest absolute Gasteiger partial charge is 0.236 e. The lowest BCUT2D eigenvalue weighted by molar-refractivity contribution is -0.131. The van der Waals surface area contributed by atoms with E-state index in [0.717, 1.165) is 42.3 Å². The molecular formula is C19H27N7O. The molecular weight excluding hydrogens is 342 g/mol. The third-order valence-corrected chi connectivity index (χ3v) is 4.56. The molecule has 2 aromatic rings. The standard InChI is InChI=1S/C19H27N7O/c1-12-8-13(2)23-19(22-12)25-16-9-14(3)21-18(24-16)15-6-5-7-26(11-15)17(27)10-20-4/h8-9,15,20H,5-7,10-11H2,1-4H3,(H,21,22,23,24,25)/t15-/m0/s1. The number of carbonyl (C=O) groups is 1. The molecule has 8 heteroatoms. The molecule has 27 heavy (non-hydrogen) atoms. The van der Waals surface area contributed by atoms with Crippen LogP contribution >= 0.6 is 0 Å². The van der Waals surface area contributed by atoms with Gasteiger partial charge >= 0.3 is 0 Å². The first kappa shape index (κ1) is 19.2. The number of carbonyl (C=O) groups excluding carboxylic acids is 1. The van der Waals surface area contributed by atoms with Gasteiger partial charge in [-0.25, -0.2) is 19.9 Å². The normalized spacial score (nSPS) is 17.0. The minimum absolute atomic E-state index is 0.122. The van der Waals surface area contributed by atoms with Gasteiger partial charge in [0.05, 0.1) is 6.54 Å². The fourth-order valence-corrected chi connectivity index (χ4v) is 3.41. The van der Waals surface area contributed by atoms with Crippen LogP contribution in [0.4, 0.5) is 11.8 Å². The Hall–Kier alpha value is -2.61. The highest BCUT2D eigenvalue weighted by atomic mass is 16.2. The zero-order chi connectivity index (χ0) is 19.4. The van der Waals surface area contributed by atoms with Crippen LogP contribution in [-0.2, 0) is 4.79 Å². The van der Waals surface area contributed by atoms with Gasteiger partial charge in [0.25, 0.3) is 0 Å².